The van der Waals surface area contributed by atoms with Gasteiger partial charge in [0, 0.05) is 17.4 Å². The van der Waals surface area contributed by atoms with Crippen LogP contribution >= 0.6 is 0 Å². The number of benzene rings is 3. The van der Waals surface area contributed by atoms with E-state index in [0.29, 0.717) is 5.95 Å². The first kappa shape index (κ1) is 16.8. The monoisotopic (exact) mass is 353 g/mol. The molecular weight excluding hydrogens is 334 g/mol. The lowest BCUT2D eigenvalue weighted by molar-refractivity contribution is 0.983. The van der Waals surface area contributed by atoms with Crippen LogP contribution in [0.5, 0.6) is 0 Å². The summed E-state index contributed by atoms with van der Waals surface area (Å²) in [7, 11) is 0. The van der Waals surface area contributed by atoms with E-state index >= 15 is 0 Å². The molecule has 0 saturated carbocycles. The minimum atomic E-state index is -0.281. The Bertz CT molecular complexity index is 1100. The molecule has 27 heavy (non-hydrogen) atoms. The molecule has 0 spiro atoms. The summed E-state index contributed by atoms with van der Waals surface area (Å²) >= 11 is 0. The fraction of sp³-hybridized carbons (Fsp3) is 0.0435. The molecule has 132 valence electrons. The average molecular weight is 353 g/mol. The summed E-state index contributed by atoms with van der Waals surface area (Å²) in [6.07, 6.45) is 0. The van der Waals surface area contributed by atoms with Gasteiger partial charge in [-0.2, -0.15) is 4.98 Å². The standard InChI is InChI=1S/C23H19N3O/c1-17-12-14-18(15-13-17)21-16-22(27)25-23(24-19-8-4-2-5-9-19)26(21)20-10-6-3-7-11-20/h2-16H,1H3,(H,24,25,27). The molecule has 3 aromatic carbocycles. The van der Waals surface area contributed by atoms with Crippen LogP contribution in [0, 0.1) is 6.92 Å². The summed E-state index contributed by atoms with van der Waals surface area (Å²) in [6, 6.07) is 29.3. The van der Waals surface area contributed by atoms with Crippen molar-refractivity contribution in [2.75, 3.05) is 5.32 Å². The van der Waals surface area contributed by atoms with E-state index in [1.807, 2.05) is 96.4 Å². The van der Waals surface area contributed by atoms with E-state index in [9.17, 15) is 4.79 Å². The van der Waals surface area contributed by atoms with Crippen molar-refractivity contribution in [3.05, 3.63) is 107 Å². The van der Waals surface area contributed by atoms with Gasteiger partial charge in [-0.05, 0) is 36.8 Å². The number of hydrogen-bond donors (Lipinski definition) is 1. The van der Waals surface area contributed by atoms with Gasteiger partial charge in [0.05, 0.1) is 5.69 Å². The van der Waals surface area contributed by atoms with Gasteiger partial charge < -0.3 is 5.32 Å². The first-order valence-corrected chi connectivity index (χ1v) is 8.79. The van der Waals surface area contributed by atoms with Gasteiger partial charge >= 0.3 is 0 Å². The molecule has 4 aromatic rings. The molecule has 0 saturated heterocycles. The number of hydrogen-bond acceptors (Lipinski definition) is 3. The van der Waals surface area contributed by atoms with Crippen molar-refractivity contribution < 1.29 is 0 Å². The van der Waals surface area contributed by atoms with Crippen molar-refractivity contribution in [1.29, 1.82) is 0 Å². The Morgan fingerprint density at radius 2 is 1.44 bits per heavy atom. The van der Waals surface area contributed by atoms with E-state index in [1.165, 1.54) is 5.56 Å². The van der Waals surface area contributed by atoms with Crippen LogP contribution in [0.4, 0.5) is 11.6 Å². The zero-order valence-electron chi connectivity index (χ0n) is 15.0. The zero-order valence-corrected chi connectivity index (χ0v) is 15.0. The molecule has 1 heterocycles. The number of aryl methyl sites for hydroxylation is 1. The Kier molecular flexibility index (Phi) is 4.54. The van der Waals surface area contributed by atoms with Crippen LogP contribution in [0.15, 0.2) is 95.8 Å². The topological polar surface area (TPSA) is 46.9 Å². The highest BCUT2D eigenvalue weighted by Crippen LogP contribution is 2.27. The van der Waals surface area contributed by atoms with Crippen molar-refractivity contribution in [1.82, 2.24) is 9.55 Å². The maximum Gasteiger partial charge on any atom is 0.275 e. The van der Waals surface area contributed by atoms with Gasteiger partial charge in [-0.1, -0.05) is 66.2 Å². The molecule has 4 nitrogen and oxygen atoms in total. The Hall–Kier alpha value is -3.66. The summed E-state index contributed by atoms with van der Waals surface area (Å²) in [5.74, 6) is 0.482. The third kappa shape index (κ3) is 3.65. The van der Waals surface area contributed by atoms with E-state index in [0.717, 1.165) is 22.6 Å². The van der Waals surface area contributed by atoms with Crippen LogP contribution in [0.1, 0.15) is 5.56 Å². The first-order chi connectivity index (χ1) is 13.2. The smallest absolute Gasteiger partial charge is 0.275 e. The molecule has 0 atom stereocenters. The summed E-state index contributed by atoms with van der Waals surface area (Å²) in [5, 5.41) is 3.29. The van der Waals surface area contributed by atoms with Gasteiger partial charge in [-0.25, -0.2) is 0 Å². The quantitative estimate of drug-likeness (QED) is 0.564. The third-order valence-electron chi connectivity index (χ3n) is 4.32. The average Bonchev–Trinajstić information content (AvgIpc) is 2.69. The SMILES string of the molecule is Cc1ccc(-c2cc(=O)nc(Nc3ccccc3)n2-c2ccccc2)cc1. The first-order valence-electron chi connectivity index (χ1n) is 8.79. The summed E-state index contributed by atoms with van der Waals surface area (Å²) in [5.41, 5.74) is 4.44. The largest absolute Gasteiger partial charge is 0.325 e. The fourth-order valence-corrected chi connectivity index (χ4v) is 2.99. The van der Waals surface area contributed by atoms with Crippen molar-refractivity contribution >= 4 is 11.6 Å². The molecule has 4 rings (SSSR count). The van der Waals surface area contributed by atoms with E-state index in [1.54, 1.807) is 6.07 Å². The van der Waals surface area contributed by atoms with Crippen molar-refractivity contribution in [3.63, 3.8) is 0 Å². The van der Waals surface area contributed by atoms with Crippen LogP contribution in [0.3, 0.4) is 0 Å². The zero-order chi connectivity index (χ0) is 18.6. The Morgan fingerprint density at radius 3 is 2.11 bits per heavy atom. The maximum absolute atomic E-state index is 12.4. The minimum absolute atomic E-state index is 0.281. The van der Waals surface area contributed by atoms with Gasteiger partial charge in [0.2, 0.25) is 5.95 Å². The summed E-state index contributed by atoms with van der Waals surface area (Å²) in [4.78, 5) is 16.6. The van der Waals surface area contributed by atoms with Gasteiger partial charge in [0.1, 0.15) is 0 Å². The highest BCUT2D eigenvalue weighted by molar-refractivity contribution is 5.67. The van der Waals surface area contributed by atoms with E-state index in [2.05, 4.69) is 10.3 Å². The van der Waals surface area contributed by atoms with Crippen molar-refractivity contribution in [2.45, 2.75) is 6.92 Å². The van der Waals surface area contributed by atoms with E-state index < -0.39 is 0 Å². The molecule has 4 heteroatoms. The van der Waals surface area contributed by atoms with Crippen molar-refractivity contribution in [2.24, 2.45) is 0 Å². The fourth-order valence-electron chi connectivity index (χ4n) is 2.99. The third-order valence-corrected chi connectivity index (χ3v) is 4.32. The molecule has 1 N–H and O–H groups in total. The van der Waals surface area contributed by atoms with Gasteiger partial charge in [-0.15, -0.1) is 0 Å². The van der Waals surface area contributed by atoms with Crippen LogP contribution in [-0.2, 0) is 0 Å². The van der Waals surface area contributed by atoms with Crippen molar-refractivity contribution in [3.8, 4) is 16.9 Å². The van der Waals surface area contributed by atoms with E-state index in [-0.39, 0.29) is 5.56 Å². The molecular formula is C23H19N3O. The van der Waals surface area contributed by atoms with E-state index in [4.69, 9.17) is 0 Å². The molecule has 0 fully saturated rings. The molecule has 0 aliphatic rings. The van der Waals surface area contributed by atoms with Gasteiger partial charge in [-0.3, -0.25) is 9.36 Å². The summed E-state index contributed by atoms with van der Waals surface area (Å²) < 4.78 is 1.97. The Morgan fingerprint density at radius 1 is 0.815 bits per heavy atom. The molecule has 1 aromatic heterocycles. The van der Waals surface area contributed by atoms with Gasteiger partial charge in [0.15, 0.2) is 0 Å². The second-order valence-corrected chi connectivity index (χ2v) is 6.33. The molecule has 0 aliphatic carbocycles. The van der Waals surface area contributed by atoms with Crippen LogP contribution in [0.2, 0.25) is 0 Å². The minimum Gasteiger partial charge on any atom is -0.325 e. The highest BCUT2D eigenvalue weighted by atomic mass is 16.1. The second-order valence-electron chi connectivity index (χ2n) is 6.33. The number of nitrogens with zero attached hydrogens (tertiary/aromatic N) is 2. The maximum atomic E-state index is 12.4. The molecule has 0 unspecified atom stereocenters. The second kappa shape index (κ2) is 7.30. The van der Waals surface area contributed by atoms with Crippen LogP contribution in [-0.4, -0.2) is 9.55 Å². The molecule has 0 amide bonds. The molecule has 0 radical (unpaired) electrons. The molecule has 0 bridgehead atoms. The summed E-state index contributed by atoms with van der Waals surface area (Å²) in [6.45, 7) is 2.04. The lowest BCUT2D eigenvalue weighted by atomic mass is 10.1. The lowest BCUT2D eigenvalue weighted by Crippen LogP contribution is -2.17. The predicted molar refractivity (Wildman–Crippen MR) is 110 cm³/mol. The number of para-hydroxylation sites is 2. The van der Waals surface area contributed by atoms with Crippen LogP contribution < -0.4 is 10.9 Å². The van der Waals surface area contributed by atoms with Gasteiger partial charge in [0.25, 0.3) is 5.56 Å². The number of aromatic nitrogens is 2. The van der Waals surface area contributed by atoms with Crippen LogP contribution in [0.25, 0.3) is 16.9 Å². The Balaban J connectivity index is 1.95. The number of anilines is 2. The lowest BCUT2D eigenvalue weighted by Gasteiger charge is -2.19. The normalized spacial score (nSPS) is 10.6. The Labute approximate surface area is 157 Å². The predicted octanol–water partition coefficient (Wildman–Crippen LogP) is 4.95. The highest BCUT2D eigenvalue weighted by Gasteiger charge is 2.13. The molecule has 0 aliphatic heterocycles. The number of nitrogens with one attached hydrogen (secondary N) is 1. The number of rotatable bonds is 4.